The van der Waals surface area contributed by atoms with Gasteiger partial charge in [-0.15, -0.1) is 0 Å². The molecule has 1 aliphatic carbocycles. The van der Waals surface area contributed by atoms with Crippen LogP contribution in [-0.4, -0.2) is 33.5 Å². The maximum Gasteiger partial charge on any atom is 0.192 e. The summed E-state index contributed by atoms with van der Waals surface area (Å²) < 4.78 is 9.03. The van der Waals surface area contributed by atoms with Crippen LogP contribution in [0.4, 0.5) is 5.69 Å². The highest BCUT2D eigenvalue weighted by atomic mass is 16.5. The van der Waals surface area contributed by atoms with Crippen molar-refractivity contribution in [2.45, 2.75) is 38.3 Å². The number of hydrogen-bond donors (Lipinski definition) is 2. The van der Waals surface area contributed by atoms with E-state index in [9.17, 15) is 0 Å². The maximum atomic E-state index is 6.70. The van der Waals surface area contributed by atoms with Crippen molar-refractivity contribution in [2.75, 3.05) is 11.9 Å². The Kier molecular flexibility index (Phi) is 7.90. The molecular formula is C44H38N6O. The first kappa shape index (κ1) is 31.0. The number of para-hydroxylation sites is 1. The molecular weight excluding hydrogens is 629 g/mol. The molecule has 0 spiro atoms. The monoisotopic (exact) mass is 666 g/mol. The van der Waals surface area contributed by atoms with Gasteiger partial charge < -0.3 is 20.4 Å². The van der Waals surface area contributed by atoms with E-state index in [0.717, 1.165) is 91.8 Å². The molecule has 0 amide bonds. The Morgan fingerprint density at radius 1 is 0.961 bits per heavy atom. The molecule has 7 nitrogen and oxygen atoms in total. The zero-order valence-corrected chi connectivity index (χ0v) is 28.5. The molecule has 0 fully saturated rings. The maximum absolute atomic E-state index is 6.70. The average Bonchev–Trinajstić information content (AvgIpc) is 3.79. The molecule has 51 heavy (non-hydrogen) atoms. The van der Waals surface area contributed by atoms with E-state index >= 15 is 0 Å². The second kappa shape index (κ2) is 13.0. The lowest BCUT2D eigenvalue weighted by Gasteiger charge is -2.16. The van der Waals surface area contributed by atoms with Gasteiger partial charge >= 0.3 is 0 Å². The quantitative estimate of drug-likeness (QED) is 0.177. The van der Waals surface area contributed by atoms with Gasteiger partial charge in [0, 0.05) is 47.1 Å². The highest BCUT2D eigenvalue weighted by Crippen LogP contribution is 2.46. The Morgan fingerprint density at radius 2 is 1.86 bits per heavy atom. The number of allylic oxidation sites excluding steroid dienone is 5. The molecule has 0 saturated heterocycles. The van der Waals surface area contributed by atoms with Crippen molar-refractivity contribution >= 4 is 39.3 Å². The summed E-state index contributed by atoms with van der Waals surface area (Å²) in [6.07, 6.45) is 17.2. The van der Waals surface area contributed by atoms with E-state index in [0.29, 0.717) is 12.4 Å². The van der Waals surface area contributed by atoms with Gasteiger partial charge in [-0.1, -0.05) is 85.0 Å². The number of fused-ring (bicyclic) bond motifs is 5. The van der Waals surface area contributed by atoms with E-state index in [1.807, 2.05) is 19.3 Å². The number of nitrogens with zero attached hydrogens (tertiary/aromatic N) is 4. The molecule has 250 valence electrons. The molecule has 9 rings (SSSR count). The van der Waals surface area contributed by atoms with E-state index in [-0.39, 0.29) is 12.1 Å². The highest BCUT2D eigenvalue weighted by molar-refractivity contribution is 6.14. The SMILES string of the molecule is C/C=C(\CN)c1ccc(-c2cc(C3C=CN=CC3)nc(-c3cccc(-n4c5ccccc5c5c6c(ccc54)NC(C4=CC=CCC4)O6)c3)n2)cc1. The molecule has 0 saturated carbocycles. The van der Waals surface area contributed by atoms with Crippen LogP contribution in [0.5, 0.6) is 5.75 Å². The second-order valence-corrected chi connectivity index (χ2v) is 13.2. The van der Waals surface area contributed by atoms with Crippen LogP contribution in [0.15, 0.2) is 138 Å². The first-order valence-electron chi connectivity index (χ1n) is 17.7. The van der Waals surface area contributed by atoms with Gasteiger partial charge in [-0.25, -0.2) is 9.97 Å². The number of benzene rings is 4. The van der Waals surface area contributed by atoms with Crippen molar-refractivity contribution in [1.82, 2.24) is 14.5 Å². The van der Waals surface area contributed by atoms with Gasteiger partial charge in [-0.05, 0) is 79.3 Å². The summed E-state index contributed by atoms with van der Waals surface area (Å²) >= 11 is 0. The fourth-order valence-corrected chi connectivity index (χ4v) is 7.50. The third kappa shape index (κ3) is 5.56. The van der Waals surface area contributed by atoms with Crippen LogP contribution >= 0.6 is 0 Å². The zero-order chi connectivity index (χ0) is 34.3. The molecule has 7 heteroatoms. The predicted octanol–water partition coefficient (Wildman–Crippen LogP) is 9.75. The molecule has 3 aliphatic rings. The number of nitrogens with two attached hydrogens (primary N) is 1. The number of aromatic nitrogens is 3. The van der Waals surface area contributed by atoms with Gasteiger partial charge in [0.15, 0.2) is 17.8 Å². The fourth-order valence-electron chi connectivity index (χ4n) is 7.50. The van der Waals surface area contributed by atoms with Crippen LogP contribution in [0.1, 0.15) is 43.4 Å². The molecule has 4 heterocycles. The summed E-state index contributed by atoms with van der Waals surface area (Å²) in [5.74, 6) is 1.71. The largest absolute Gasteiger partial charge is 0.464 e. The van der Waals surface area contributed by atoms with Gasteiger partial charge in [0.2, 0.25) is 0 Å². The molecule has 0 bridgehead atoms. The van der Waals surface area contributed by atoms with Gasteiger partial charge in [0.25, 0.3) is 0 Å². The summed E-state index contributed by atoms with van der Waals surface area (Å²) in [6.45, 7) is 2.52. The minimum absolute atomic E-state index is 0.120. The molecule has 2 atom stereocenters. The lowest BCUT2D eigenvalue weighted by molar-refractivity contribution is 0.287. The average molecular weight is 667 g/mol. The van der Waals surface area contributed by atoms with Gasteiger partial charge in [-0.3, -0.25) is 4.99 Å². The van der Waals surface area contributed by atoms with Crippen molar-refractivity contribution in [3.05, 3.63) is 144 Å². The van der Waals surface area contributed by atoms with Crippen molar-refractivity contribution in [2.24, 2.45) is 10.7 Å². The normalized spacial score (nSPS) is 18.2. The van der Waals surface area contributed by atoms with E-state index < -0.39 is 0 Å². The summed E-state index contributed by atoms with van der Waals surface area (Å²) in [5, 5.41) is 5.90. The predicted molar refractivity (Wildman–Crippen MR) is 209 cm³/mol. The minimum Gasteiger partial charge on any atom is -0.464 e. The third-order valence-corrected chi connectivity index (χ3v) is 10.2. The Bertz CT molecular complexity index is 2460. The number of anilines is 1. The molecule has 2 aromatic heterocycles. The van der Waals surface area contributed by atoms with Crippen LogP contribution in [0.3, 0.4) is 0 Å². The molecule has 4 aromatic carbocycles. The smallest absolute Gasteiger partial charge is 0.192 e. The Morgan fingerprint density at radius 3 is 2.67 bits per heavy atom. The second-order valence-electron chi connectivity index (χ2n) is 13.2. The number of ether oxygens (including phenoxy) is 1. The van der Waals surface area contributed by atoms with Crippen molar-refractivity contribution in [1.29, 1.82) is 0 Å². The van der Waals surface area contributed by atoms with E-state index in [1.165, 1.54) is 5.57 Å². The minimum atomic E-state index is -0.160. The van der Waals surface area contributed by atoms with Crippen molar-refractivity contribution in [3.8, 4) is 34.1 Å². The lowest BCUT2D eigenvalue weighted by Crippen LogP contribution is -2.23. The molecule has 6 aromatic rings. The third-order valence-electron chi connectivity index (χ3n) is 10.2. The number of nitrogens with one attached hydrogen (secondary N) is 1. The van der Waals surface area contributed by atoms with E-state index in [1.54, 1.807) is 0 Å². The van der Waals surface area contributed by atoms with Gasteiger partial charge in [-0.2, -0.15) is 0 Å². The molecule has 2 unspecified atom stereocenters. The highest BCUT2D eigenvalue weighted by Gasteiger charge is 2.29. The van der Waals surface area contributed by atoms with Gasteiger partial charge in [0.05, 0.1) is 33.5 Å². The van der Waals surface area contributed by atoms with Gasteiger partial charge in [0.1, 0.15) is 0 Å². The van der Waals surface area contributed by atoms with E-state index in [2.05, 4.69) is 136 Å². The number of hydrogen-bond acceptors (Lipinski definition) is 6. The van der Waals surface area contributed by atoms with Crippen LogP contribution < -0.4 is 15.8 Å². The van der Waals surface area contributed by atoms with E-state index in [4.69, 9.17) is 20.4 Å². The van der Waals surface area contributed by atoms with Crippen LogP contribution in [0, 0.1) is 0 Å². The Balaban J connectivity index is 1.15. The molecule has 0 radical (unpaired) electrons. The first-order valence-corrected chi connectivity index (χ1v) is 17.7. The number of aliphatic imine (C=N–C) groups is 1. The molecule has 2 aliphatic heterocycles. The summed E-state index contributed by atoms with van der Waals surface area (Å²) in [4.78, 5) is 14.7. The zero-order valence-electron chi connectivity index (χ0n) is 28.5. The first-order chi connectivity index (χ1) is 25.2. The Labute approximate surface area is 297 Å². The summed E-state index contributed by atoms with van der Waals surface area (Å²) in [6, 6.07) is 32.1. The topological polar surface area (TPSA) is 90.3 Å². The van der Waals surface area contributed by atoms with Crippen LogP contribution in [-0.2, 0) is 0 Å². The molecule has 3 N–H and O–H groups in total. The van der Waals surface area contributed by atoms with Crippen molar-refractivity contribution < 1.29 is 4.74 Å². The summed E-state index contributed by atoms with van der Waals surface area (Å²) in [7, 11) is 0. The fraction of sp³-hybridized carbons (Fsp3) is 0.159. The van der Waals surface area contributed by atoms with Crippen LogP contribution in [0.2, 0.25) is 0 Å². The Hall–Kier alpha value is -6.05. The van der Waals surface area contributed by atoms with Crippen LogP contribution in [0.25, 0.3) is 55.7 Å². The van der Waals surface area contributed by atoms with Crippen molar-refractivity contribution in [3.63, 3.8) is 0 Å². The number of rotatable bonds is 7. The lowest BCUT2D eigenvalue weighted by atomic mass is 9.97. The standard InChI is InChI=1S/C44H38N6O/c1-2-28(27-45)29-15-17-30(18-16-29)37-26-38(31-21-23-46-24-22-31)48-43(47-37)33-11-8-12-34(25-33)50-39-14-7-6-13-35(39)41-40(50)20-19-36-42(41)51-44(49-36)32-9-4-3-5-10-32/h2-4,6-9,11-21,23-26,31,44,49H,5,10,22,27,45H2,1H3/b28-2+. The summed E-state index contributed by atoms with van der Waals surface area (Å²) in [5.41, 5.74) is 17.6.